The van der Waals surface area contributed by atoms with Crippen LogP contribution in [0.3, 0.4) is 0 Å². The van der Waals surface area contributed by atoms with Gasteiger partial charge in [0.1, 0.15) is 12.9 Å². The molecule has 1 rings (SSSR count). The zero-order chi connectivity index (χ0) is 14.1. The normalized spacial score (nSPS) is 10.5. The Kier molecular flexibility index (Phi) is 6.97. The molecule has 4 heteroatoms. The van der Waals surface area contributed by atoms with Crippen LogP contribution < -0.4 is 9.47 Å². The average Bonchev–Trinajstić information content (AvgIpc) is 2.39. The van der Waals surface area contributed by atoms with Crippen molar-refractivity contribution in [3.63, 3.8) is 0 Å². The maximum Gasteiger partial charge on any atom is 0.161 e. The van der Waals surface area contributed by atoms with Crippen LogP contribution in [0.4, 0.5) is 0 Å². The number of benzene rings is 1. The van der Waals surface area contributed by atoms with Gasteiger partial charge in [-0.1, -0.05) is 13.8 Å². The molecule has 0 aliphatic heterocycles. The lowest BCUT2D eigenvalue weighted by Crippen LogP contribution is -2.10. The second-order valence-corrected chi connectivity index (χ2v) is 4.57. The Morgan fingerprint density at radius 1 is 1.16 bits per heavy atom. The van der Waals surface area contributed by atoms with Gasteiger partial charge >= 0.3 is 0 Å². The van der Waals surface area contributed by atoms with Crippen LogP contribution in [0.25, 0.3) is 0 Å². The van der Waals surface area contributed by atoms with E-state index < -0.39 is 0 Å². The van der Waals surface area contributed by atoms with Crippen LogP contribution in [0.5, 0.6) is 11.5 Å². The van der Waals surface area contributed by atoms with Gasteiger partial charge in [-0.15, -0.1) is 0 Å². The summed E-state index contributed by atoms with van der Waals surface area (Å²) in [5.74, 6) is 1.75. The van der Waals surface area contributed by atoms with Gasteiger partial charge in [0, 0.05) is 12.2 Å². The molecule has 0 amide bonds. The smallest absolute Gasteiger partial charge is 0.161 e. The quantitative estimate of drug-likeness (QED) is 0.509. The van der Waals surface area contributed by atoms with E-state index in [0.717, 1.165) is 12.9 Å². The Morgan fingerprint density at radius 3 is 2.58 bits per heavy atom. The lowest BCUT2D eigenvalue weighted by Gasteiger charge is -2.13. The highest BCUT2D eigenvalue weighted by Crippen LogP contribution is 2.27. The van der Waals surface area contributed by atoms with Gasteiger partial charge in [0.25, 0.3) is 0 Å². The summed E-state index contributed by atoms with van der Waals surface area (Å²) in [4.78, 5) is 10.7. The molecule has 0 radical (unpaired) electrons. The first kappa shape index (κ1) is 15.5. The lowest BCUT2D eigenvalue weighted by molar-refractivity contribution is 0.0808. The molecular weight excluding hydrogens is 244 g/mol. The molecule has 0 saturated carbocycles. The molecule has 0 atom stereocenters. The maximum absolute atomic E-state index is 10.7. The van der Waals surface area contributed by atoms with E-state index in [1.165, 1.54) is 0 Å². The van der Waals surface area contributed by atoms with E-state index in [0.29, 0.717) is 42.8 Å². The summed E-state index contributed by atoms with van der Waals surface area (Å²) in [5.41, 5.74) is 0.576. The average molecular weight is 266 g/mol. The van der Waals surface area contributed by atoms with E-state index in [-0.39, 0.29) is 0 Å². The summed E-state index contributed by atoms with van der Waals surface area (Å²) in [6.07, 6.45) is 0.790. The Morgan fingerprint density at radius 2 is 1.95 bits per heavy atom. The molecule has 0 fully saturated rings. The van der Waals surface area contributed by atoms with Gasteiger partial charge in [-0.2, -0.15) is 0 Å². The molecule has 0 bridgehead atoms. The highest BCUT2D eigenvalue weighted by Gasteiger charge is 2.06. The molecule has 0 spiro atoms. The molecular formula is C15H22O4. The van der Waals surface area contributed by atoms with Gasteiger partial charge in [-0.05, 0) is 31.0 Å². The number of rotatable bonds is 9. The van der Waals surface area contributed by atoms with E-state index in [2.05, 4.69) is 13.8 Å². The molecule has 1 aromatic carbocycles. The predicted octanol–water partition coefficient (Wildman–Crippen LogP) is 2.95. The summed E-state index contributed by atoms with van der Waals surface area (Å²) in [5, 5.41) is 0. The van der Waals surface area contributed by atoms with E-state index in [1.807, 2.05) is 6.92 Å². The van der Waals surface area contributed by atoms with Crippen LogP contribution in [0.2, 0.25) is 0 Å². The van der Waals surface area contributed by atoms with Crippen molar-refractivity contribution >= 4 is 6.29 Å². The monoisotopic (exact) mass is 266 g/mol. The summed E-state index contributed by atoms with van der Waals surface area (Å²) in [7, 11) is 0. The largest absolute Gasteiger partial charge is 0.490 e. The molecule has 0 N–H and O–H groups in total. The van der Waals surface area contributed by atoms with Crippen molar-refractivity contribution in [2.24, 2.45) is 5.92 Å². The van der Waals surface area contributed by atoms with Gasteiger partial charge in [0.05, 0.1) is 13.2 Å². The molecule has 19 heavy (non-hydrogen) atoms. The molecule has 106 valence electrons. The molecule has 0 saturated heterocycles. The lowest BCUT2D eigenvalue weighted by atomic mass is 10.2. The van der Waals surface area contributed by atoms with E-state index in [9.17, 15) is 4.79 Å². The molecule has 0 unspecified atom stereocenters. The molecule has 0 aliphatic carbocycles. The van der Waals surface area contributed by atoms with Crippen molar-refractivity contribution in [2.75, 3.05) is 26.4 Å². The standard InChI is InChI=1S/C15H22O4/c1-4-18-15-9-13(10-16)5-6-14(15)19-8-7-17-11-12(2)3/h5-6,9-10,12H,4,7-8,11H2,1-3H3. The highest BCUT2D eigenvalue weighted by atomic mass is 16.5. The third-order valence-corrected chi connectivity index (χ3v) is 2.34. The van der Waals surface area contributed by atoms with Crippen LogP contribution >= 0.6 is 0 Å². The molecule has 4 nitrogen and oxygen atoms in total. The number of hydrogen-bond donors (Lipinski definition) is 0. The fourth-order valence-corrected chi connectivity index (χ4v) is 1.52. The van der Waals surface area contributed by atoms with Gasteiger partial charge in [0.15, 0.2) is 11.5 Å². The Hall–Kier alpha value is -1.55. The Bertz CT molecular complexity index is 388. The minimum absolute atomic E-state index is 0.466. The van der Waals surface area contributed by atoms with Gasteiger partial charge < -0.3 is 14.2 Å². The Labute approximate surface area is 114 Å². The number of carbonyl (C=O) groups is 1. The summed E-state index contributed by atoms with van der Waals surface area (Å²) in [6, 6.07) is 5.14. The summed E-state index contributed by atoms with van der Waals surface area (Å²) < 4.78 is 16.5. The van der Waals surface area contributed by atoms with Crippen molar-refractivity contribution < 1.29 is 19.0 Å². The van der Waals surface area contributed by atoms with Crippen LogP contribution in [0.1, 0.15) is 31.1 Å². The first-order valence-corrected chi connectivity index (χ1v) is 6.60. The van der Waals surface area contributed by atoms with E-state index in [4.69, 9.17) is 14.2 Å². The van der Waals surface area contributed by atoms with E-state index in [1.54, 1.807) is 18.2 Å². The third kappa shape index (κ3) is 5.75. The summed E-state index contributed by atoms with van der Waals surface area (Å²) >= 11 is 0. The van der Waals surface area contributed by atoms with Crippen molar-refractivity contribution in [1.29, 1.82) is 0 Å². The molecule has 0 aromatic heterocycles. The Balaban J connectivity index is 2.49. The topological polar surface area (TPSA) is 44.8 Å². The van der Waals surface area contributed by atoms with Crippen LogP contribution in [-0.4, -0.2) is 32.7 Å². The van der Waals surface area contributed by atoms with Crippen LogP contribution in [-0.2, 0) is 4.74 Å². The van der Waals surface area contributed by atoms with Crippen molar-refractivity contribution in [2.45, 2.75) is 20.8 Å². The van der Waals surface area contributed by atoms with Crippen LogP contribution in [0.15, 0.2) is 18.2 Å². The van der Waals surface area contributed by atoms with E-state index >= 15 is 0 Å². The number of aldehydes is 1. The predicted molar refractivity (Wildman–Crippen MR) is 74.2 cm³/mol. The zero-order valence-corrected chi connectivity index (χ0v) is 11.8. The van der Waals surface area contributed by atoms with Crippen LogP contribution in [0, 0.1) is 5.92 Å². The first-order valence-electron chi connectivity index (χ1n) is 6.60. The molecule has 0 heterocycles. The highest BCUT2D eigenvalue weighted by molar-refractivity contribution is 5.76. The van der Waals surface area contributed by atoms with Gasteiger partial charge in [-0.3, -0.25) is 4.79 Å². The number of hydrogen-bond acceptors (Lipinski definition) is 4. The van der Waals surface area contributed by atoms with Crippen molar-refractivity contribution in [3.05, 3.63) is 23.8 Å². The fraction of sp³-hybridized carbons (Fsp3) is 0.533. The SMILES string of the molecule is CCOc1cc(C=O)ccc1OCCOCC(C)C. The van der Waals surface area contributed by atoms with Gasteiger partial charge in [-0.25, -0.2) is 0 Å². The second kappa shape index (κ2) is 8.53. The fourth-order valence-electron chi connectivity index (χ4n) is 1.52. The van der Waals surface area contributed by atoms with Crippen molar-refractivity contribution in [1.82, 2.24) is 0 Å². The minimum atomic E-state index is 0.466. The third-order valence-electron chi connectivity index (χ3n) is 2.34. The minimum Gasteiger partial charge on any atom is -0.490 e. The first-order chi connectivity index (χ1) is 9.17. The molecule has 1 aromatic rings. The van der Waals surface area contributed by atoms with Crippen molar-refractivity contribution in [3.8, 4) is 11.5 Å². The van der Waals surface area contributed by atoms with Gasteiger partial charge in [0.2, 0.25) is 0 Å². The second-order valence-electron chi connectivity index (χ2n) is 4.57. The molecule has 0 aliphatic rings. The number of carbonyl (C=O) groups excluding carboxylic acids is 1. The zero-order valence-electron chi connectivity index (χ0n) is 11.8. The summed E-state index contributed by atoms with van der Waals surface area (Å²) in [6.45, 7) is 8.36. The maximum atomic E-state index is 10.7. The number of ether oxygens (including phenoxy) is 3.